The van der Waals surface area contributed by atoms with Crippen molar-refractivity contribution in [3.05, 3.63) is 24.0 Å². The van der Waals surface area contributed by atoms with Gasteiger partial charge in [-0.25, -0.2) is 17.9 Å². The molecule has 1 rings (SSSR count). The summed E-state index contributed by atoms with van der Waals surface area (Å²) in [5.41, 5.74) is 4.89. The number of hydrogen-bond donors (Lipinski definition) is 2. The summed E-state index contributed by atoms with van der Waals surface area (Å²) in [5.74, 6) is -1.000. The maximum atomic E-state index is 12.9. The van der Waals surface area contributed by atoms with Crippen molar-refractivity contribution >= 4 is 15.7 Å². The van der Waals surface area contributed by atoms with Crippen molar-refractivity contribution in [2.75, 3.05) is 5.73 Å². The Morgan fingerprint density at radius 2 is 1.92 bits per heavy atom. The van der Waals surface area contributed by atoms with Crippen LogP contribution in [0.4, 0.5) is 10.1 Å². The second-order valence-electron chi connectivity index (χ2n) is 2.20. The van der Waals surface area contributed by atoms with Crippen LogP contribution in [-0.4, -0.2) is 8.42 Å². The molecule has 0 amide bonds. The third-order valence-electron chi connectivity index (χ3n) is 1.30. The van der Waals surface area contributed by atoms with Gasteiger partial charge in [-0.05, 0) is 12.1 Å². The van der Waals surface area contributed by atoms with Gasteiger partial charge in [-0.1, -0.05) is 6.07 Å². The molecule has 4 N–H and O–H groups in total. The van der Waals surface area contributed by atoms with Crippen molar-refractivity contribution in [3.63, 3.8) is 0 Å². The van der Waals surface area contributed by atoms with Gasteiger partial charge in [0.25, 0.3) is 0 Å². The minimum Gasteiger partial charge on any atom is -0.396 e. The number of sulfonamides is 1. The van der Waals surface area contributed by atoms with Gasteiger partial charge >= 0.3 is 0 Å². The van der Waals surface area contributed by atoms with Crippen molar-refractivity contribution in [1.82, 2.24) is 0 Å². The third kappa shape index (κ3) is 1.54. The molecule has 0 aliphatic heterocycles. The van der Waals surface area contributed by atoms with Crippen LogP contribution in [0.25, 0.3) is 0 Å². The number of nitrogen functional groups attached to an aromatic ring is 1. The summed E-state index contributed by atoms with van der Waals surface area (Å²) < 4.78 is 34.3. The largest absolute Gasteiger partial charge is 0.396 e. The van der Waals surface area contributed by atoms with Crippen LogP contribution < -0.4 is 10.9 Å². The van der Waals surface area contributed by atoms with Gasteiger partial charge in [0.15, 0.2) is 5.82 Å². The highest BCUT2D eigenvalue weighted by Crippen LogP contribution is 2.17. The molecule has 0 fully saturated rings. The zero-order valence-corrected chi connectivity index (χ0v) is 6.81. The van der Waals surface area contributed by atoms with Crippen LogP contribution in [-0.2, 0) is 10.0 Å². The Bertz CT molecular complexity index is 402. The molecule has 66 valence electrons. The molecule has 1 aromatic rings. The SMILES string of the molecule is Nc1cccc(S(N)(=O)=O)c1F. The summed E-state index contributed by atoms with van der Waals surface area (Å²) in [5, 5.41) is 4.70. The molecule has 0 spiro atoms. The van der Waals surface area contributed by atoms with Crippen LogP contribution >= 0.6 is 0 Å². The van der Waals surface area contributed by atoms with Crippen LogP contribution in [0, 0.1) is 5.82 Å². The van der Waals surface area contributed by atoms with E-state index in [1.54, 1.807) is 0 Å². The Hall–Kier alpha value is -1.14. The van der Waals surface area contributed by atoms with Gasteiger partial charge in [0.2, 0.25) is 10.0 Å². The predicted octanol–water partition coefficient (Wildman–Crippen LogP) is 0.0553. The maximum absolute atomic E-state index is 12.9. The standard InChI is InChI=1S/C6H7FN2O2S/c7-6-4(8)2-1-3-5(6)12(9,10)11/h1-3H,8H2,(H2,9,10,11). The number of anilines is 1. The molecule has 0 heterocycles. The van der Waals surface area contributed by atoms with Gasteiger partial charge < -0.3 is 5.73 Å². The van der Waals surface area contributed by atoms with Gasteiger partial charge in [0.1, 0.15) is 4.90 Å². The highest BCUT2D eigenvalue weighted by Gasteiger charge is 2.15. The molecular formula is C6H7FN2O2S. The zero-order chi connectivity index (χ0) is 9.35. The summed E-state index contributed by atoms with van der Waals surface area (Å²) in [4.78, 5) is -0.581. The molecule has 0 atom stereocenters. The molecular weight excluding hydrogens is 183 g/mol. The molecule has 1 aromatic carbocycles. The topological polar surface area (TPSA) is 86.2 Å². The van der Waals surface area contributed by atoms with Crippen LogP contribution in [0.5, 0.6) is 0 Å². The first-order valence-corrected chi connectivity index (χ1v) is 4.54. The molecule has 0 aliphatic carbocycles. The highest BCUT2D eigenvalue weighted by atomic mass is 32.2. The van der Waals surface area contributed by atoms with E-state index in [4.69, 9.17) is 10.9 Å². The normalized spacial score (nSPS) is 11.5. The molecule has 6 heteroatoms. The number of primary sulfonamides is 1. The second-order valence-corrected chi connectivity index (χ2v) is 3.73. The van der Waals surface area contributed by atoms with Crippen molar-refractivity contribution in [2.24, 2.45) is 5.14 Å². The summed E-state index contributed by atoms with van der Waals surface area (Å²) in [6.45, 7) is 0. The Morgan fingerprint density at radius 1 is 1.33 bits per heavy atom. The first-order valence-electron chi connectivity index (χ1n) is 2.99. The van der Waals surface area contributed by atoms with Gasteiger partial charge in [0, 0.05) is 0 Å². The Kier molecular flexibility index (Phi) is 2.03. The first kappa shape index (κ1) is 8.95. The van der Waals surface area contributed by atoms with Gasteiger partial charge in [0.05, 0.1) is 5.69 Å². The first-order chi connectivity index (χ1) is 5.43. The molecule has 4 nitrogen and oxygen atoms in total. The predicted molar refractivity (Wildman–Crippen MR) is 42.2 cm³/mol. The van der Waals surface area contributed by atoms with E-state index in [9.17, 15) is 12.8 Å². The molecule has 0 unspecified atom stereocenters. The average Bonchev–Trinajstić information content (AvgIpc) is 1.92. The number of rotatable bonds is 1. The van der Waals surface area contributed by atoms with Crippen molar-refractivity contribution in [2.45, 2.75) is 4.90 Å². The maximum Gasteiger partial charge on any atom is 0.241 e. The van der Waals surface area contributed by atoms with Gasteiger partial charge in [-0.3, -0.25) is 0 Å². The monoisotopic (exact) mass is 190 g/mol. The molecule has 12 heavy (non-hydrogen) atoms. The minimum absolute atomic E-state index is 0.235. The number of halogens is 1. The zero-order valence-electron chi connectivity index (χ0n) is 5.99. The van der Waals surface area contributed by atoms with Crippen molar-refractivity contribution in [3.8, 4) is 0 Å². The van der Waals surface area contributed by atoms with E-state index < -0.39 is 20.7 Å². The molecule has 0 aromatic heterocycles. The smallest absolute Gasteiger partial charge is 0.241 e. The fraction of sp³-hybridized carbons (Fsp3) is 0. The molecule has 0 saturated carbocycles. The van der Waals surface area contributed by atoms with E-state index in [1.165, 1.54) is 12.1 Å². The van der Waals surface area contributed by atoms with Crippen molar-refractivity contribution < 1.29 is 12.8 Å². The van der Waals surface area contributed by atoms with Crippen LogP contribution in [0.2, 0.25) is 0 Å². The van der Waals surface area contributed by atoms with Crippen LogP contribution in [0.3, 0.4) is 0 Å². The van der Waals surface area contributed by atoms with Crippen LogP contribution in [0.1, 0.15) is 0 Å². The summed E-state index contributed by atoms with van der Waals surface area (Å²) in [7, 11) is -4.01. The van der Waals surface area contributed by atoms with Gasteiger partial charge in [-0.15, -0.1) is 0 Å². The molecule has 0 radical (unpaired) electrons. The number of hydrogen-bond acceptors (Lipinski definition) is 3. The molecule has 0 saturated heterocycles. The van der Waals surface area contributed by atoms with E-state index in [-0.39, 0.29) is 5.69 Å². The lowest BCUT2D eigenvalue weighted by atomic mass is 10.3. The summed E-state index contributed by atoms with van der Waals surface area (Å²) in [6.07, 6.45) is 0. The van der Waals surface area contributed by atoms with E-state index in [0.717, 1.165) is 6.07 Å². The number of nitrogens with two attached hydrogens (primary N) is 2. The highest BCUT2D eigenvalue weighted by molar-refractivity contribution is 7.89. The van der Waals surface area contributed by atoms with Crippen LogP contribution in [0.15, 0.2) is 23.1 Å². The quantitative estimate of drug-likeness (QED) is 0.614. The second kappa shape index (κ2) is 2.72. The van der Waals surface area contributed by atoms with Crippen molar-refractivity contribution in [1.29, 1.82) is 0 Å². The van der Waals surface area contributed by atoms with E-state index >= 15 is 0 Å². The van der Waals surface area contributed by atoms with E-state index in [0.29, 0.717) is 0 Å². The Morgan fingerprint density at radius 3 is 2.33 bits per heavy atom. The van der Waals surface area contributed by atoms with E-state index in [1.807, 2.05) is 0 Å². The Labute approximate surface area is 69.0 Å². The van der Waals surface area contributed by atoms with Gasteiger partial charge in [-0.2, -0.15) is 0 Å². The average molecular weight is 190 g/mol. The summed E-state index contributed by atoms with van der Waals surface area (Å²) in [6, 6.07) is 3.63. The lowest BCUT2D eigenvalue weighted by Crippen LogP contribution is -2.14. The van der Waals surface area contributed by atoms with E-state index in [2.05, 4.69) is 0 Å². The molecule has 0 bridgehead atoms. The fourth-order valence-corrected chi connectivity index (χ4v) is 1.38. The molecule has 0 aliphatic rings. The lowest BCUT2D eigenvalue weighted by Gasteiger charge is -2.01. The third-order valence-corrected chi connectivity index (χ3v) is 2.23. The Balaban J connectivity index is 3.47. The fourth-order valence-electron chi connectivity index (χ4n) is 0.748. The lowest BCUT2D eigenvalue weighted by molar-refractivity contribution is 0.570. The summed E-state index contributed by atoms with van der Waals surface area (Å²) >= 11 is 0. The minimum atomic E-state index is -4.01. The number of benzene rings is 1.